The summed E-state index contributed by atoms with van der Waals surface area (Å²) in [6, 6.07) is 0. The van der Waals surface area contributed by atoms with E-state index in [1.807, 2.05) is 6.92 Å². The summed E-state index contributed by atoms with van der Waals surface area (Å²) in [6.07, 6.45) is 1.50. The number of carbonyl (C=O) groups is 1. The molecular weight excluding hydrogens is 204 g/mol. The van der Waals surface area contributed by atoms with Crippen molar-refractivity contribution in [2.75, 3.05) is 11.5 Å². The zero-order valence-electron chi connectivity index (χ0n) is 8.21. The standard InChI is InChI=1S/C8H16N2O3S/c1-2-3-5-14(10,13)6-4-7(9)8(11)12/h9-10H,2-6H2,1H3,(H,11,12). The van der Waals surface area contributed by atoms with Crippen LogP contribution in [0.1, 0.15) is 26.2 Å². The minimum atomic E-state index is -2.68. The molecule has 5 nitrogen and oxygen atoms in total. The second-order valence-electron chi connectivity index (χ2n) is 3.11. The minimum Gasteiger partial charge on any atom is -0.477 e. The highest BCUT2D eigenvalue weighted by molar-refractivity contribution is 7.92. The molecule has 0 fully saturated rings. The van der Waals surface area contributed by atoms with Gasteiger partial charge in [-0.15, -0.1) is 0 Å². The average molecular weight is 220 g/mol. The molecule has 0 saturated heterocycles. The van der Waals surface area contributed by atoms with Gasteiger partial charge in [0.05, 0.1) is 0 Å². The molecule has 0 radical (unpaired) electrons. The quantitative estimate of drug-likeness (QED) is 0.564. The SMILES string of the molecule is CCCCS(=N)(=O)CCC(=N)C(=O)O. The Morgan fingerprint density at radius 2 is 2.00 bits per heavy atom. The number of nitrogens with one attached hydrogen (secondary N) is 2. The number of rotatable bonds is 7. The van der Waals surface area contributed by atoms with E-state index in [9.17, 15) is 9.00 Å². The van der Waals surface area contributed by atoms with Crippen LogP contribution in [0.15, 0.2) is 0 Å². The van der Waals surface area contributed by atoms with Gasteiger partial charge in [-0.1, -0.05) is 13.3 Å². The van der Waals surface area contributed by atoms with Crippen LogP contribution in [0.3, 0.4) is 0 Å². The fourth-order valence-corrected chi connectivity index (χ4v) is 2.35. The van der Waals surface area contributed by atoms with E-state index in [1.165, 1.54) is 0 Å². The van der Waals surface area contributed by atoms with E-state index in [2.05, 4.69) is 0 Å². The van der Waals surface area contributed by atoms with E-state index in [1.54, 1.807) is 0 Å². The van der Waals surface area contributed by atoms with Crippen LogP contribution in [0.2, 0.25) is 0 Å². The van der Waals surface area contributed by atoms with E-state index < -0.39 is 21.4 Å². The lowest BCUT2D eigenvalue weighted by Crippen LogP contribution is -2.18. The first-order valence-electron chi connectivity index (χ1n) is 4.44. The van der Waals surface area contributed by atoms with Crippen molar-refractivity contribution in [3.8, 4) is 0 Å². The highest BCUT2D eigenvalue weighted by Gasteiger charge is 2.11. The first-order chi connectivity index (χ1) is 6.39. The van der Waals surface area contributed by atoms with Gasteiger partial charge < -0.3 is 5.11 Å². The Kier molecular flexibility index (Phi) is 5.37. The molecule has 0 amide bonds. The molecule has 0 aromatic rings. The zero-order valence-corrected chi connectivity index (χ0v) is 9.02. The summed E-state index contributed by atoms with van der Waals surface area (Å²) in [5, 5.41) is 15.4. The second-order valence-corrected chi connectivity index (χ2v) is 5.55. The van der Waals surface area contributed by atoms with Gasteiger partial charge in [0.25, 0.3) is 0 Å². The maximum absolute atomic E-state index is 11.4. The van der Waals surface area contributed by atoms with Gasteiger partial charge in [0, 0.05) is 27.7 Å². The highest BCUT2D eigenvalue weighted by Crippen LogP contribution is 2.01. The van der Waals surface area contributed by atoms with Crippen molar-refractivity contribution in [3.05, 3.63) is 0 Å². The lowest BCUT2D eigenvalue weighted by atomic mass is 10.3. The molecule has 0 aliphatic carbocycles. The van der Waals surface area contributed by atoms with Crippen molar-refractivity contribution in [2.24, 2.45) is 0 Å². The Balaban J connectivity index is 4.00. The summed E-state index contributed by atoms with van der Waals surface area (Å²) in [4.78, 5) is 10.3. The zero-order chi connectivity index (χ0) is 11.2. The maximum Gasteiger partial charge on any atom is 0.349 e. The predicted molar refractivity (Wildman–Crippen MR) is 55.5 cm³/mol. The molecule has 0 spiro atoms. The Hall–Kier alpha value is -0.910. The van der Waals surface area contributed by atoms with E-state index in [4.69, 9.17) is 15.3 Å². The molecular formula is C8H16N2O3S. The van der Waals surface area contributed by atoms with Crippen LogP contribution >= 0.6 is 0 Å². The summed E-state index contributed by atoms with van der Waals surface area (Å²) >= 11 is 0. The molecule has 82 valence electrons. The topological polar surface area (TPSA) is 102 Å². The van der Waals surface area contributed by atoms with Crippen molar-refractivity contribution in [3.63, 3.8) is 0 Å². The third kappa shape index (κ3) is 5.69. The van der Waals surface area contributed by atoms with Gasteiger partial charge in [0.15, 0.2) is 0 Å². The fourth-order valence-electron chi connectivity index (χ4n) is 0.853. The Morgan fingerprint density at radius 1 is 1.43 bits per heavy atom. The number of aliphatic carboxylic acids is 1. The van der Waals surface area contributed by atoms with Crippen molar-refractivity contribution in [1.82, 2.24) is 0 Å². The normalized spacial score (nSPS) is 14.6. The van der Waals surface area contributed by atoms with Crippen molar-refractivity contribution >= 4 is 21.4 Å². The minimum absolute atomic E-state index is 0.0157. The number of hydrogen-bond donors (Lipinski definition) is 3. The van der Waals surface area contributed by atoms with Crippen LogP contribution in [0.5, 0.6) is 0 Å². The molecule has 1 unspecified atom stereocenters. The van der Waals surface area contributed by atoms with E-state index in [0.29, 0.717) is 12.2 Å². The number of carboxylic acid groups (broad SMARTS) is 1. The van der Waals surface area contributed by atoms with Gasteiger partial charge in [0.2, 0.25) is 0 Å². The summed E-state index contributed by atoms with van der Waals surface area (Å²) in [5.74, 6) is -1.01. The van der Waals surface area contributed by atoms with Crippen LogP contribution in [-0.4, -0.2) is 32.5 Å². The van der Waals surface area contributed by atoms with Crippen LogP contribution in [0.25, 0.3) is 0 Å². The molecule has 0 aromatic heterocycles. The lowest BCUT2D eigenvalue weighted by Gasteiger charge is -2.05. The lowest BCUT2D eigenvalue weighted by molar-refractivity contribution is -0.129. The number of carboxylic acids is 1. The Bertz CT molecular complexity index is 309. The van der Waals surface area contributed by atoms with Gasteiger partial charge in [0.1, 0.15) is 5.71 Å². The molecule has 3 N–H and O–H groups in total. The van der Waals surface area contributed by atoms with Crippen LogP contribution in [-0.2, 0) is 14.5 Å². The van der Waals surface area contributed by atoms with Gasteiger partial charge >= 0.3 is 5.97 Å². The van der Waals surface area contributed by atoms with Crippen LogP contribution in [0.4, 0.5) is 0 Å². The molecule has 0 aliphatic heterocycles. The van der Waals surface area contributed by atoms with Gasteiger partial charge in [-0.3, -0.25) is 10.2 Å². The van der Waals surface area contributed by atoms with Crippen molar-refractivity contribution in [2.45, 2.75) is 26.2 Å². The molecule has 14 heavy (non-hydrogen) atoms. The molecule has 0 aromatic carbocycles. The van der Waals surface area contributed by atoms with E-state index in [0.717, 1.165) is 6.42 Å². The van der Waals surface area contributed by atoms with Crippen LogP contribution < -0.4 is 0 Å². The summed E-state index contributed by atoms with van der Waals surface area (Å²) in [5.41, 5.74) is -0.471. The summed E-state index contributed by atoms with van der Waals surface area (Å²) in [7, 11) is -2.68. The van der Waals surface area contributed by atoms with E-state index in [-0.39, 0.29) is 12.2 Å². The molecule has 6 heteroatoms. The predicted octanol–water partition coefficient (Wildman–Crippen LogP) is 1.33. The van der Waals surface area contributed by atoms with Crippen molar-refractivity contribution in [1.29, 1.82) is 10.2 Å². The highest BCUT2D eigenvalue weighted by atomic mass is 32.2. The molecule has 0 rings (SSSR count). The summed E-state index contributed by atoms with van der Waals surface area (Å²) < 4.78 is 18.9. The Labute approximate surface area is 84.0 Å². The van der Waals surface area contributed by atoms with E-state index >= 15 is 0 Å². The number of unbranched alkanes of at least 4 members (excludes halogenated alkanes) is 1. The van der Waals surface area contributed by atoms with Gasteiger partial charge in [-0.2, -0.15) is 0 Å². The van der Waals surface area contributed by atoms with Gasteiger partial charge in [-0.25, -0.2) is 9.00 Å². The monoisotopic (exact) mass is 220 g/mol. The first-order valence-corrected chi connectivity index (χ1v) is 6.33. The molecule has 0 heterocycles. The average Bonchev–Trinajstić information content (AvgIpc) is 2.11. The Morgan fingerprint density at radius 3 is 2.43 bits per heavy atom. The third-order valence-electron chi connectivity index (χ3n) is 1.77. The molecule has 1 atom stereocenters. The molecule has 0 aliphatic rings. The number of hydrogen-bond acceptors (Lipinski definition) is 4. The second kappa shape index (κ2) is 5.74. The summed E-state index contributed by atoms with van der Waals surface area (Å²) in [6.45, 7) is 1.94. The maximum atomic E-state index is 11.4. The molecule has 0 bridgehead atoms. The smallest absolute Gasteiger partial charge is 0.349 e. The van der Waals surface area contributed by atoms with Gasteiger partial charge in [-0.05, 0) is 6.42 Å². The largest absolute Gasteiger partial charge is 0.477 e. The molecule has 0 saturated carbocycles. The third-order valence-corrected chi connectivity index (χ3v) is 3.58. The van der Waals surface area contributed by atoms with Crippen molar-refractivity contribution < 1.29 is 14.1 Å². The van der Waals surface area contributed by atoms with Crippen LogP contribution in [0, 0.1) is 10.2 Å². The first kappa shape index (κ1) is 13.1. The fraction of sp³-hybridized carbons (Fsp3) is 0.750.